The van der Waals surface area contributed by atoms with Crippen molar-refractivity contribution in [2.75, 3.05) is 7.11 Å². The number of aliphatic carboxylic acids is 1. The molecule has 0 saturated heterocycles. The zero-order valence-corrected chi connectivity index (χ0v) is 23.0. The number of thiophene rings is 1. The van der Waals surface area contributed by atoms with E-state index in [1.54, 1.807) is 31.4 Å². The van der Waals surface area contributed by atoms with Crippen LogP contribution in [-0.4, -0.2) is 34.3 Å². The van der Waals surface area contributed by atoms with Gasteiger partial charge < -0.3 is 19.3 Å². The Hall–Kier alpha value is -4.02. The molecule has 7 nitrogen and oxygen atoms in total. The summed E-state index contributed by atoms with van der Waals surface area (Å²) in [5, 5.41) is 10.6. The number of hydrogen-bond donors (Lipinski definition) is 1. The minimum absolute atomic E-state index is 0.0398. The molecule has 0 amide bonds. The van der Waals surface area contributed by atoms with E-state index in [1.807, 2.05) is 36.4 Å². The van der Waals surface area contributed by atoms with Crippen molar-refractivity contribution in [1.29, 1.82) is 0 Å². The highest BCUT2D eigenvalue weighted by Crippen LogP contribution is 2.44. The van der Waals surface area contributed by atoms with E-state index in [2.05, 4.69) is 25.9 Å². The molecule has 0 unspecified atom stereocenters. The predicted molar refractivity (Wildman–Crippen MR) is 150 cm³/mol. The summed E-state index contributed by atoms with van der Waals surface area (Å²) in [4.78, 5) is 22.1. The largest absolute Gasteiger partial charge is 0.497 e. The predicted octanol–water partition coefficient (Wildman–Crippen LogP) is 6.92. The van der Waals surface area contributed by atoms with Gasteiger partial charge in [-0.25, -0.2) is 19.2 Å². The highest BCUT2D eigenvalue weighted by atomic mass is 79.9. The molecule has 5 aromatic rings. The van der Waals surface area contributed by atoms with Crippen molar-refractivity contribution in [1.82, 2.24) is 9.97 Å². The molecule has 0 aliphatic carbocycles. The fraction of sp³-hybridized carbons (Fsp3) is 0.138. The highest BCUT2D eigenvalue weighted by molar-refractivity contribution is 9.10. The van der Waals surface area contributed by atoms with Crippen LogP contribution in [0.2, 0.25) is 0 Å². The molecule has 39 heavy (non-hydrogen) atoms. The van der Waals surface area contributed by atoms with E-state index in [9.17, 15) is 14.3 Å². The van der Waals surface area contributed by atoms with Crippen LogP contribution < -0.4 is 14.2 Å². The van der Waals surface area contributed by atoms with Crippen LogP contribution in [0.1, 0.15) is 11.1 Å². The summed E-state index contributed by atoms with van der Waals surface area (Å²) in [7, 11) is 1.61. The van der Waals surface area contributed by atoms with Crippen LogP contribution in [0.3, 0.4) is 0 Å². The van der Waals surface area contributed by atoms with Crippen LogP contribution in [-0.2, 0) is 17.8 Å². The van der Waals surface area contributed by atoms with Crippen molar-refractivity contribution < 1.29 is 28.5 Å². The van der Waals surface area contributed by atoms with Gasteiger partial charge in [0.05, 0.1) is 21.8 Å². The Morgan fingerprint density at radius 2 is 1.87 bits per heavy atom. The smallest absolute Gasteiger partial charge is 0.345 e. The topological polar surface area (TPSA) is 90.8 Å². The maximum atomic E-state index is 13.9. The van der Waals surface area contributed by atoms with Crippen molar-refractivity contribution in [2.24, 2.45) is 0 Å². The Morgan fingerprint density at radius 1 is 1.08 bits per heavy atom. The molecule has 0 bridgehead atoms. The van der Waals surface area contributed by atoms with Crippen LogP contribution >= 0.6 is 27.3 Å². The highest BCUT2D eigenvalue weighted by Gasteiger charge is 2.26. The molecule has 2 aromatic heterocycles. The first-order chi connectivity index (χ1) is 18.9. The molecule has 2 heterocycles. The summed E-state index contributed by atoms with van der Waals surface area (Å²) >= 11 is 4.90. The van der Waals surface area contributed by atoms with E-state index >= 15 is 0 Å². The molecule has 0 fully saturated rings. The SMILES string of the molecule is COc1ccc(COc2ccccc2C[C@@H](Oc2ncnc3sc(-c4cccc(F)c4)c(Br)c23)C(=O)O)cc1. The van der Waals surface area contributed by atoms with E-state index in [0.29, 0.717) is 38.2 Å². The Balaban J connectivity index is 1.39. The lowest BCUT2D eigenvalue weighted by Gasteiger charge is -2.17. The molecule has 0 aliphatic rings. The third-order valence-electron chi connectivity index (χ3n) is 5.94. The number of carboxylic acid groups (broad SMARTS) is 1. The standard InChI is InChI=1S/C29H22BrFN2O5S/c1-36-21-11-9-17(10-12-21)15-37-22-8-3-2-5-18(22)14-23(29(34)35)38-27-24-25(30)26(39-28(24)33-16-32-27)19-6-4-7-20(31)13-19/h2-13,16,23H,14-15H2,1H3,(H,34,35)/t23-/m1/s1. The minimum atomic E-state index is -1.25. The van der Waals surface area contributed by atoms with Crippen molar-refractivity contribution in [3.8, 4) is 27.8 Å². The third kappa shape index (κ3) is 6.02. The number of ether oxygens (including phenoxy) is 3. The van der Waals surface area contributed by atoms with E-state index in [0.717, 1.165) is 16.2 Å². The number of aromatic nitrogens is 2. The lowest BCUT2D eigenvalue weighted by Crippen LogP contribution is -2.30. The molecular formula is C29H22BrFN2O5S. The molecular weight excluding hydrogens is 587 g/mol. The molecule has 1 N–H and O–H groups in total. The summed E-state index contributed by atoms with van der Waals surface area (Å²) in [6.45, 7) is 0.302. The van der Waals surface area contributed by atoms with Crippen molar-refractivity contribution in [2.45, 2.75) is 19.1 Å². The fourth-order valence-corrected chi connectivity index (χ4v) is 5.97. The summed E-state index contributed by atoms with van der Waals surface area (Å²) in [5.74, 6) is -0.0858. The molecule has 0 saturated carbocycles. The molecule has 10 heteroatoms. The first-order valence-corrected chi connectivity index (χ1v) is 13.5. The van der Waals surface area contributed by atoms with Crippen molar-refractivity contribution in [3.05, 3.63) is 101 Å². The molecule has 0 spiro atoms. The van der Waals surface area contributed by atoms with Crippen molar-refractivity contribution in [3.63, 3.8) is 0 Å². The van der Waals surface area contributed by atoms with Gasteiger partial charge in [0.2, 0.25) is 12.0 Å². The maximum absolute atomic E-state index is 13.9. The lowest BCUT2D eigenvalue weighted by atomic mass is 10.1. The first-order valence-electron chi connectivity index (χ1n) is 11.8. The van der Waals surface area contributed by atoms with Gasteiger partial charge in [-0.3, -0.25) is 0 Å². The van der Waals surface area contributed by atoms with E-state index in [-0.39, 0.29) is 18.1 Å². The number of fused-ring (bicyclic) bond motifs is 1. The molecule has 5 rings (SSSR count). The zero-order valence-electron chi connectivity index (χ0n) is 20.6. The number of benzene rings is 3. The number of rotatable bonds is 10. The van der Waals surface area contributed by atoms with E-state index in [1.165, 1.54) is 29.8 Å². The number of hydrogen-bond acceptors (Lipinski definition) is 7. The molecule has 0 aliphatic heterocycles. The number of nitrogens with zero attached hydrogens (tertiary/aromatic N) is 2. The quantitative estimate of drug-likeness (QED) is 0.184. The van der Waals surface area contributed by atoms with Gasteiger partial charge in [0.25, 0.3) is 0 Å². The van der Waals surface area contributed by atoms with Gasteiger partial charge in [-0.05, 0) is 63.0 Å². The Bertz CT molecular complexity index is 1630. The average molecular weight is 609 g/mol. The number of halogens is 2. The van der Waals surface area contributed by atoms with Gasteiger partial charge >= 0.3 is 5.97 Å². The van der Waals surface area contributed by atoms with Crippen LogP contribution in [0, 0.1) is 5.82 Å². The van der Waals surface area contributed by atoms with E-state index < -0.39 is 12.1 Å². The Morgan fingerprint density at radius 3 is 2.62 bits per heavy atom. The Kier molecular flexibility index (Phi) is 8.04. The number of carboxylic acids is 1. The lowest BCUT2D eigenvalue weighted by molar-refractivity contribution is -0.145. The monoisotopic (exact) mass is 608 g/mol. The second kappa shape index (κ2) is 11.8. The molecule has 1 atom stereocenters. The summed E-state index contributed by atoms with van der Waals surface area (Å²) in [6, 6.07) is 21.0. The zero-order chi connectivity index (χ0) is 27.4. The van der Waals surface area contributed by atoms with Crippen LogP contribution in [0.15, 0.2) is 83.6 Å². The minimum Gasteiger partial charge on any atom is -0.497 e. The second-order valence-corrected chi connectivity index (χ2v) is 10.3. The molecule has 198 valence electrons. The Labute approximate surface area is 236 Å². The van der Waals surface area contributed by atoms with Crippen LogP contribution in [0.5, 0.6) is 17.4 Å². The summed E-state index contributed by atoms with van der Waals surface area (Å²) < 4.78 is 31.7. The van der Waals surface area contributed by atoms with Crippen molar-refractivity contribution >= 4 is 43.5 Å². The van der Waals surface area contributed by atoms with Crippen LogP contribution in [0.25, 0.3) is 20.7 Å². The average Bonchev–Trinajstić information content (AvgIpc) is 3.29. The van der Waals surface area contributed by atoms with Gasteiger partial charge in [0.15, 0.2) is 0 Å². The van der Waals surface area contributed by atoms with Gasteiger partial charge in [0, 0.05) is 6.42 Å². The normalized spacial score (nSPS) is 11.8. The first kappa shape index (κ1) is 26.6. The third-order valence-corrected chi connectivity index (χ3v) is 8.15. The number of methoxy groups -OCH3 is 1. The van der Waals surface area contributed by atoms with Gasteiger partial charge in [0.1, 0.15) is 35.1 Å². The second-order valence-electron chi connectivity index (χ2n) is 8.51. The van der Waals surface area contributed by atoms with Gasteiger partial charge in [-0.15, -0.1) is 11.3 Å². The fourth-order valence-electron chi connectivity index (χ4n) is 3.99. The van der Waals surface area contributed by atoms with Gasteiger partial charge in [-0.2, -0.15) is 0 Å². The molecule has 0 radical (unpaired) electrons. The molecule has 3 aromatic carbocycles. The summed E-state index contributed by atoms with van der Waals surface area (Å²) in [5.41, 5.74) is 2.28. The number of para-hydroxylation sites is 1. The van der Waals surface area contributed by atoms with Crippen LogP contribution in [0.4, 0.5) is 4.39 Å². The number of carbonyl (C=O) groups is 1. The maximum Gasteiger partial charge on any atom is 0.345 e. The summed E-state index contributed by atoms with van der Waals surface area (Å²) in [6.07, 6.45) is 0.108. The van der Waals surface area contributed by atoms with E-state index in [4.69, 9.17) is 14.2 Å². The van der Waals surface area contributed by atoms with Gasteiger partial charge in [-0.1, -0.05) is 42.5 Å².